The molecule has 3 heteroatoms. The van der Waals surface area contributed by atoms with E-state index in [0.717, 1.165) is 30.6 Å². The molecule has 1 saturated heterocycles. The van der Waals surface area contributed by atoms with Gasteiger partial charge in [-0.05, 0) is 24.7 Å². The normalized spacial score (nSPS) is 34.2. The summed E-state index contributed by atoms with van der Waals surface area (Å²) in [6.07, 6.45) is 5.28. The van der Waals surface area contributed by atoms with E-state index in [2.05, 4.69) is 13.0 Å². The average molecular weight is 348 g/mol. The molecular weight excluding hydrogens is 325 g/mol. The van der Waals surface area contributed by atoms with Crippen LogP contribution < -0.4 is 0 Å². The summed E-state index contributed by atoms with van der Waals surface area (Å²) in [6, 6.07) is 10.9. The minimum Gasteiger partial charge on any atom is -0.350 e. The standard InChI is InChI=1S/C17H23O2.Y/c1-13-7-9-14(10-8-13)16-11-18-17(19-12-16)15-5-3-2-4-6-15;/h3-6,13-14,16-17H,7-12H2,1H3;/q-1;. The van der Waals surface area contributed by atoms with Gasteiger partial charge in [-0.3, -0.25) is 0 Å². The Morgan fingerprint density at radius 1 is 0.950 bits per heavy atom. The Labute approximate surface area is 147 Å². The van der Waals surface area contributed by atoms with Gasteiger partial charge in [0.15, 0.2) is 6.29 Å². The Bertz CT molecular complexity index is 379. The molecule has 3 rings (SSSR count). The van der Waals surface area contributed by atoms with Gasteiger partial charge in [0.2, 0.25) is 0 Å². The zero-order valence-electron chi connectivity index (χ0n) is 12.3. The molecule has 20 heavy (non-hydrogen) atoms. The van der Waals surface area contributed by atoms with Crippen LogP contribution in [-0.2, 0) is 42.2 Å². The molecule has 0 atom stereocenters. The van der Waals surface area contributed by atoms with E-state index in [1.54, 1.807) is 0 Å². The van der Waals surface area contributed by atoms with Crippen molar-refractivity contribution in [3.8, 4) is 0 Å². The van der Waals surface area contributed by atoms with Gasteiger partial charge in [0.05, 0.1) is 13.2 Å². The van der Waals surface area contributed by atoms with Crippen molar-refractivity contribution in [2.24, 2.45) is 17.8 Å². The van der Waals surface area contributed by atoms with Crippen LogP contribution in [0.15, 0.2) is 24.3 Å². The summed E-state index contributed by atoms with van der Waals surface area (Å²) < 4.78 is 11.8. The van der Waals surface area contributed by atoms with Gasteiger partial charge in [0.25, 0.3) is 0 Å². The quantitative estimate of drug-likeness (QED) is 0.753. The molecule has 0 bridgehead atoms. The fourth-order valence-electron chi connectivity index (χ4n) is 3.30. The molecule has 0 N–H and O–H groups in total. The van der Waals surface area contributed by atoms with Crippen molar-refractivity contribution < 1.29 is 42.2 Å². The first-order chi connectivity index (χ1) is 9.33. The fourth-order valence-corrected chi connectivity index (χ4v) is 3.30. The molecule has 0 spiro atoms. The van der Waals surface area contributed by atoms with E-state index >= 15 is 0 Å². The summed E-state index contributed by atoms with van der Waals surface area (Å²) in [5.74, 6) is 2.32. The predicted octanol–water partition coefficient (Wildman–Crippen LogP) is 3.97. The van der Waals surface area contributed by atoms with Crippen molar-refractivity contribution in [2.45, 2.75) is 38.9 Å². The zero-order chi connectivity index (χ0) is 13.1. The third kappa shape index (κ3) is 4.13. The van der Waals surface area contributed by atoms with Gasteiger partial charge in [0, 0.05) is 38.6 Å². The Kier molecular flexibility index (Phi) is 6.67. The first kappa shape index (κ1) is 16.6. The maximum atomic E-state index is 5.92. The molecule has 1 heterocycles. The molecule has 2 nitrogen and oxygen atoms in total. The van der Waals surface area contributed by atoms with Crippen molar-refractivity contribution in [3.05, 3.63) is 35.9 Å². The fraction of sp³-hybridized carbons (Fsp3) is 0.647. The first-order valence-electron chi connectivity index (χ1n) is 7.52. The van der Waals surface area contributed by atoms with Gasteiger partial charge in [-0.1, -0.05) is 19.8 Å². The van der Waals surface area contributed by atoms with Crippen molar-refractivity contribution in [1.29, 1.82) is 0 Å². The molecule has 1 radical (unpaired) electrons. The van der Waals surface area contributed by atoms with E-state index in [1.165, 1.54) is 25.7 Å². The van der Waals surface area contributed by atoms with Crippen molar-refractivity contribution in [2.75, 3.05) is 13.2 Å². The van der Waals surface area contributed by atoms with Crippen LogP contribution in [-0.4, -0.2) is 13.2 Å². The summed E-state index contributed by atoms with van der Waals surface area (Å²) in [5, 5.41) is 0. The van der Waals surface area contributed by atoms with Crippen LogP contribution in [0.3, 0.4) is 0 Å². The van der Waals surface area contributed by atoms with Gasteiger partial charge in [-0.2, -0.15) is 30.3 Å². The molecule has 1 saturated carbocycles. The van der Waals surface area contributed by atoms with E-state index in [-0.39, 0.29) is 39.0 Å². The van der Waals surface area contributed by atoms with E-state index in [1.807, 2.05) is 24.3 Å². The van der Waals surface area contributed by atoms with Crippen LogP contribution in [0, 0.1) is 23.8 Å². The van der Waals surface area contributed by atoms with Gasteiger partial charge >= 0.3 is 0 Å². The Balaban J connectivity index is 0.00000147. The average Bonchev–Trinajstić information content (AvgIpc) is 2.49. The molecule has 2 fully saturated rings. The number of hydrogen-bond acceptors (Lipinski definition) is 2. The maximum absolute atomic E-state index is 5.92. The second-order valence-corrected chi connectivity index (χ2v) is 6.11. The first-order valence-corrected chi connectivity index (χ1v) is 7.52. The summed E-state index contributed by atoms with van der Waals surface area (Å²) in [6.45, 7) is 4.07. The van der Waals surface area contributed by atoms with Crippen molar-refractivity contribution in [3.63, 3.8) is 0 Å². The SMILES string of the molecule is CC1CCC(C2COC(c3cc[c-]cc3)OC2)CC1.[Y]. The third-order valence-electron chi connectivity index (χ3n) is 4.67. The van der Waals surface area contributed by atoms with Gasteiger partial charge in [-0.15, -0.1) is 5.56 Å². The minimum absolute atomic E-state index is 0. The molecule has 1 aromatic carbocycles. The third-order valence-corrected chi connectivity index (χ3v) is 4.67. The molecule has 2 aliphatic rings. The smallest absolute Gasteiger partial charge is 0.161 e. The number of hydrogen-bond donors (Lipinski definition) is 0. The summed E-state index contributed by atoms with van der Waals surface area (Å²) in [7, 11) is 0. The monoisotopic (exact) mass is 348 g/mol. The molecule has 1 aliphatic heterocycles. The second-order valence-electron chi connectivity index (χ2n) is 6.11. The van der Waals surface area contributed by atoms with Crippen LogP contribution in [0.25, 0.3) is 0 Å². The van der Waals surface area contributed by atoms with Crippen LogP contribution in [0.5, 0.6) is 0 Å². The Morgan fingerprint density at radius 3 is 2.15 bits per heavy atom. The topological polar surface area (TPSA) is 18.5 Å². The summed E-state index contributed by atoms with van der Waals surface area (Å²) >= 11 is 0. The summed E-state index contributed by atoms with van der Waals surface area (Å²) in [5.41, 5.74) is 1.11. The van der Waals surface area contributed by atoms with Crippen LogP contribution in [0.4, 0.5) is 0 Å². The second kappa shape index (κ2) is 8.03. The van der Waals surface area contributed by atoms with Gasteiger partial charge in [0.1, 0.15) is 0 Å². The molecule has 0 amide bonds. The minimum atomic E-state index is -0.173. The Hall–Kier alpha value is 0.244. The van der Waals surface area contributed by atoms with E-state index in [0.29, 0.717) is 5.92 Å². The van der Waals surface area contributed by atoms with E-state index in [9.17, 15) is 0 Å². The summed E-state index contributed by atoms with van der Waals surface area (Å²) in [4.78, 5) is 0. The molecule has 0 unspecified atom stereocenters. The van der Waals surface area contributed by atoms with Crippen LogP contribution >= 0.6 is 0 Å². The maximum Gasteiger partial charge on any atom is 0.161 e. The van der Waals surface area contributed by atoms with Crippen molar-refractivity contribution >= 4 is 0 Å². The van der Waals surface area contributed by atoms with Crippen molar-refractivity contribution in [1.82, 2.24) is 0 Å². The number of rotatable bonds is 2. The van der Waals surface area contributed by atoms with E-state index < -0.39 is 0 Å². The number of benzene rings is 1. The van der Waals surface area contributed by atoms with Crippen LogP contribution in [0.1, 0.15) is 44.5 Å². The van der Waals surface area contributed by atoms with Gasteiger partial charge in [-0.25, -0.2) is 0 Å². The Morgan fingerprint density at radius 2 is 1.55 bits per heavy atom. The molecule has 107 valence electrons. The molecule has 0 aromatic heterocycles. The van der Waals surface area contributed by atoms with E-state index in [4.69, 9.17) is 9.47 Å². The zero-order valence-corrected chi connectivity index (χ0v) is 15.1. The molecule has 1 aliphatic carbocycles. The van der Waals surface area contributed by atoms with Crippen LogP contribution in [0.2, 0.25) is 0 Å². The molecular formula is C17H23O2Y-. The predicted molar refractivity (Wildman–Crippen MR) is 74.5 cm³/mol. The largest absolute Gasteiger partial charge is 0.350 e. The molecule has 1 aromatic rings. The number of ether oxygens (including phenoxy) is 2. The van der Waals surface area contributed by atoms with Gasteiger partial charge < -0.3 is 9.47 Å².